The highest BCUT2D eigenvalue weighted by atomic mass is 16.6. The summed E-state index contributed by atoms with van der Waals surface area (Å²) in [7, 11) is 0. The SMILES string of the molecule is C[C@H]1O[C@@H](O)C=CC1=O. The molecule has 0 bridgehead atoms. The standard InChI is InChI=1S/C6H8O3/c1-4-5(7)2-3-6(8)9-4/h2-4,6,8H,1H3/t4-,6-/m1/s1. The Morgan fingerprint density at radius 1 is 1.78 bits per heavy atom. The number of rotatable bonds is 0. The second-order valence-corrected chi connectivity index (χ2v) is 1.93. The van der Waals surface area contributed by atoms with Gasteiger partial charge in [0.2, 0.25) is 0 Å². The molecule has 2 atom stereocenters. The largest absolute Gasteiger partial charge is 0.365 e. The van der Waals surface area contributed by atoms with Gasteiger partial charge < -0.3 is 9.84 Å². The van der Waals surface area contributed by atoms with Gasteiger partial charge in [-0.2, -0.15) is 0 Å². The number of carbonyl (C=O) groups excluding carboxylic acids is 1. The van der Waals surface area contributed by atoms with Crippen molar-refractivity contribution in [1.82, 2.24) is 0 Å². The molecule has 0 saturated heterocycles. The van der Waals surface area contributed by atoms with Gasteiger partial charge in [-0.3, -0.25) is 4.79 Å². The molecule has 3 nitrogen and oxygen atoms in total. The molecule has 3 heteroatoms. The number of aliphatic hydroxyl groups is 1. The van der Waals surface area contributed by atoms with Crippen LogP contribution in [0.15, 0.2) is 12.2 Å². The molecule has 0 aliphatic carbocycles. The maximum Gasteiger partial charge on any atom is 0.184 e. The van der Waals surface area contributed by atoms with E-state index in [1.807, 2.05) is 0 Å². The molecule has 1 aliphatic heterocycles. The summed E-state index contributed by atoms with van der Waals surface area (Å²) in [5, 5.41) is 8.74. The van der Waals surface area contributed by atoms with Crippen molar-refractivity contribution in [2.45, 2.75) is 19.3 Å². The van der Waals surface area contributed by atoms with Gasteiger partial charge in [0.1, 0.15) is 6.10 Å². The molecule has 1 aliphatic rings. The van der Waals surface area contributed by atoms with Gasteiger partial charge in [0.25, 0.3) is 0 Å². The Kier molecular flexibility index (Phi) is 1.64. The van der Waals surface area contributed by atoms with Gasteiger partial charge in [0.05, 0.1) is 0 Å². The van der Waals surface area contributed by atoms with Gasteiger partial charge in [0, 0.05) is 0 Å². The molecular formula is C6H8O3. The molecule has 0 aromatic carbocycles. The molecule has 0 aromatic heterocycles. The van der Waals surface area contributed by atoms with Crippen LogP contribution in [0.4, 0.5) is 0 Å². The first-order valence-electron chi connectivity index (χ1n) is 2.76. The Labute approximate surface area is 52.9 Å². The van der Waals surface area contributed by atoms with E-state index in [-0.39, 0.29) is 5.78 Å². The Morgan fingerprint density at radius 3 is 2.89 bits per heavy atom. The van der Waals surface area contributed by atoms with Crippen LogP contribution in [0.1, 0.15) is 6.92 Å². The highest BCUT2D eigenvalue weighted by Gasteiger charge is 2.18. The molecule has 0 amide bonds. The first-order chi connectivity index (χ1) is 4.20. The van der Waals surface area contributed by atoms with Crippen molar-refractivity contribution in [1.29, 1.82) is 0 Å². The minimum Gasteiger partial charge on any atom is -0.365 e. The molecule has 0 saturated carbocycles. The van der Waals surface area contributed by atoms with Crippen LogP contribution < -0.4 is 0 Å². The lowest BCUT2D eigenvalue weighted by Gasteiger charge is -2.16. The van der Waals surface area contributed by atoms with E-state index in [1.54, 1.807) is 6.92 Å². The number of ketones is 1. The average molecular weight is 128 g/mol. The normalized spacial score (nSPS) is 35.1. The zero-order valence-electron chi connectivity index (χ0n) is 5.07. The number of ether oxygens (including phenoxy) is 1. The third-order valence-electron chi connectivity index (χ3n) is 1.17. The second-order valence-electron chi connectivity index (χ2n) is 1.93. The number of carbonyl (C=O) groups is 1. The van der Waals surface area contributed by atoms with Crippen molar-refractivity contribution in [3.63, 3.8) is 0 Å². The van der Waals surface area contributed by atoms with Crippen molar-refractivity contribution in [2.75, 3.05) is 0 Å². The summed E-state index contributed by atoms with van der Waals surface area (Å²) in [6, 6.07) is 0. The Morgan fingerprint density at radius 2 is 2.44 bits per heavy atom. The summed E-state index contributed by atoms with van der Waals surface area (Å²) in [5.41, 5.74) is 0. The molecule has 1 rings (SSSR count). The summed E-state index contributed by atoms with van der Waals surface area (Å²) in [6.45, 7) is 1.61. The van der Waals surface area contributed by atoms with E-state index in [0.717, 1.165) is 0 Å². The van der Waals surface area contributed by atoms with Crippen LogP contribution >= 0.6 is 0 Å². The first-order valence-corrected chi connectivity index (χ1v) is 2.76. The van der Waals surface area contributed by atoms with Gasteiger partial charge in [-0.25, -0.2) is 0 Å². The lowest BCUT2D eigenvalue weighted by molar-refractivity contribution is -0.145. The van der Waals surface area contributed by atoms with Gasteiger partial charge in [0.15, 0.2) is 12.1 Å². The number of hydrogen-bond donors (Lipinski definition) is 1. The highest BCUT2D eigenvalue weighted by molar-refractivity contribution is 5.93. The molecule has 50 valence electrons. The lowest BCUT2D eigenvalue weighted by Crippen LogP contribution is -2.28. The van der Waals surface area contributed by atoms with Crippen LogP contribution in [0.25, 0.3) is 0 Å². The Balaban J connectivity index is 2.65. The maximum atomic E-state index is 10.6. The third kappa shape index (κ3) is 1.37. The van der Waals surface area contributed by atoms with Crippen LogP contribution in [0.2, 0.25) is 0 Å². The van der Waals surface area contributed by atoms with E-state index in [0.29, 0.717) is 0 Å². The van der Waals surface area contributed by atoms with Gasteiger partial charge in [-0.05, 0) is 19.1 Å². The fourth-order valence-corrected chi connectivity index (χ4v) is 0.634. The van der Waals surface area contributed by atoms with Crippen molar-refractivity contribution in [2.24, 2.45) is 0 Å². The van der Waals surface area contributed by atoms with E-state index in [9.17, 15) is 4.79 Å². The van der Waals surface area contributed by atoms with Crippen molar-refractivity contribution in [3.8, 4) is 0 Å². The fraction of sp³-hybridized carbons (Fsp3) is 0.500. The first kappa shape index (κ1) is 6.45. The van der Waals surface area contributed by atoms with Gasteiger partial charge in [-0.1, -0.05) is 0 Å². The second kappa shape index (κ2) is 2.29. The number of aliphatic hydroxyl groups excluding tert-OH is 1. The molecule has 0 radical (unpaired) electrons. The monoisotopic (exact) mass is 128 g/mol. The Bertz CT molecular complexity index is 150. The van der Waals surface area contributed by atoms with E-state index in [1.165, 1.54) is 12.2 Å². The third-order valence-corrected chi connectivity index (χ3v) is 1.17. The van der Waals surface area contributed by atoms with Crippen molar-refractivity contribution in [3.05, 3.63) is 12.2 Å². The molecule has 0 aromatic rings. The number of hydrogen-bond acceptors (Lipinski definition) is 3. The molecule has 0 spiro atoms. The molecule has 1 heterocycles. The average Bonchev–Trinajstić information content (AvgIpc) is 1.80. The van der Waals surface area contributed by atoms with Crippen LogP contribution in [0.3, 0.4) is 0 Å². The summed E-state index contributed by atoms with van der Waals surface area (Å²) in [5.74, 6) is -0.0969. The zero-order chi connectivity index (χ0) is 6.85. The van der Waals surface area contributed by atoms with Crippen molar-refractivity contribution >= 4 is 5.78 Å². The van der Waals surface area contributed by atoms with Crippen LogP contribution in [-0.2, 0) is 9.53 Å². The minimum atomic E-state index is -0.905. The Hall–Kier alpha value is -0.670. The summed E-state index contributed by atoms with van der Waals surface area (Å²) in [6.07, 6.45) is 1.25. The van der Waals surface area contributed by atoms with Crippen molar-refractivity contribution < 1.29 is 14.6 Å². The van der Waals surface area contributed by atoms with Crippen LogP contribution in [0, 0.1) is 0 Å². The van der Waals surface area contributed by atoms with Crippen LogP contribution in [0.5, 0.6) is 0 Å². The topological polar surface area (TPSA) is 46.5 Å². The zero-order valence-corrected chi connectivity index (χ0v) is 5.07. The van der Waals surface area contributed by atoms with Gasteiger partial charge >= 0.3 is 0 Å². The fourth-order valence-electron chi connectivity index (χ4n) is 0.634. The highest BCUT2D eigenvalue weighted by Crippen LogP contribution is 2.05. The predicted molar refractivity (Wildman–Crippen MR) is 30.7 cm³/mol. The molecular weight excluding hydrogens is 120 g/mol. The van der Waals surface area contributed by atoms with E-state index in [4.69, 9.17) is 9.84 Å². The summed E-state index contributed by atoms with van der Waals surface area (Å²) >= 11 is 0. The minimum absolute atomic E-state index is 0.0969. The quantitative estimate of drug-likeness (QED) is 0.493. The molecule has 9 heavy (non-hydrogen) atoms. The predicted octanol–water partition coefficient (Wildman–Crippen LogP) is -0.151. The summed E-state index contributed by atoms with van der Waals surface area (Å²) < 4.78 is 4.72. The molecule has 0 unspecified atom stereocenters. The van der Waals surface area contributed by atoms with E-state index >= 15 is 0 Å². The summed E-state index contributed by atoms with van der Waals surface area (Å²) in [4.78, 5) is 10.6. The smallest absolute Gasteiger partial charge is 0.184 e. The maximum absolute atomic E-state index is 10.6. The molecule has 0 fully saturated rings. The molecule has 1 N–H and O–H groups in total. The van der Waals surface area contributed by atoms with Gasteiger partial charge in [-0.15, -0.1) is 0 Å². The van der Waals surface area contributed by atoms with E-state index < -0.39 is 12.4 Å². The van der Waals surface area contributed by atoms with Crippen LogP contribution in [-0.4, -0.2) is 23.3 Å². The van der Waals surface area contributed by atoms with E-state index in [2.05, 4.69) is 0 Å². The lowest BCUT2D eigenvalue weighted by atomic mass is 10.2.